The fourth-order valence-corrected chi connectivity index (χ4v) is 6.25. The van der Waals surface area contributed by atoms with Crippen molar-refractivity contribution in [3.05, 3.63) is 0 Å². The van der Waals surface area contributed by atoms with Crippen LogP contribution in [0.3, 0.4) is 0 Å². The lowest BCUT2D eigenvalue weighted by atomic mass is 9.84. The minimum atomic E-state index is -3.29. The Kier molecular flexibility index (Phi) is 5.68. The molecule has 3 fully saturated rings. The third-order valence-corrected chi connectivity index (χ3v) is 7.87. The molecule has 0 radical (unpaired) electrons. The summed E-state index contributed by atoms with van der Waals surface area (Å²) in [4.78, 5) is 25.8. The second-order valence-electron chi connectivity index (χ2n) is 7.53. The number of carbonyl (C=O) groups is 2. The molecule has 0 spiro atoms. The van der Waals surface area contributed by atoms with E-state index in [4.69, 9.17) is 0 Å². The SMILES string of the molecule is O=C(O)C1CC2CCCCC2N1C(=O)CCCS(=O)(=O)N1CCCC1. The Hall–Kier alpha value is -1.15. The predicted molar refractivity (Wildman–Crippen MR) is 92.5 cm³/mol. The number of amides is 1. The third-order valence-electron chi connectivity index (χ3n) is 5.91. The molecule has 1 aliphatic carbocycles. The molecule has 0 aromatic carbocycles. The van der Waals surface area contributed by atoms with E-state index in [0.29, 0.717) is 19.5 Å². The van der Waals surface area contributed by atoms with Gasteiger partial charge in [-0.15, -0.1) is 0 Å². The van der Waals surface area contributed by atoms with Crippen molar-refractivity contribution in [2.45, 2.75) is 69.9 Å². The highest BCUT2D eigenvalue weighted by Crippen LogP contribution is 2.40. The number of hydrogen-bond donors (Lipinski definition) is 1. The Balaban J connectivity index is 1.58. The quantitative estimate of drug-likeness (QED) is 0.761. The first-order chi connectivity index (χ1) is 11.9. The maximum Gasteiger partial charge on any atom is 0.326 e. The van der Waals surface area contributed by atoms with Crippen LogP contribution >= 0.6 is 0 Å². The van der Waals surface area contributed by atoms with Gasteiger partial charge in [0.25, 0.3) is 0 Å². The van der Waals surface area contributed by atoms with Crippen LogP contribution in [-0.4, -0.2) is 65.5 Å². The van der Waals surface area contributed by atoms with Crippen molar-refractivity contribution in [3.63, 3.8) is 0 Å². The van der Waals surface area contributed by atoms with Gasteiger partial charge in [-0.05, 0) is 44.4 Å². The molecule has 3 rings (SSSR count). The lowest BCUT2D eigenvalue weighted by molar-refractivity contribution is -0.149. The summed E-state index contributed by atoms with van der Waals surface area (Å²) in [6.07, 6.45) is 6.69. The van der Waals surface area contributed by atoms with Crippen molar-refractivity contribution in [2.75, 3.05) is 18.8 Å². The van der Waals surface area contributed by atoms with E-state index in [1.807, 2.05) is 0 Å². The van der Waals surface area contributed by atoms with Gasteiger partial charge < -0.3 is 10.0 Å². The lowest BCUT2D eigenvalue weighted by Crippen LogP contribution is -2.46. The molecule has 0 bridgehead atoms. The topological polar surface area (TPSA) is 95.0 Å². The summed E-state index contributed by atoms with van der Waals surface area (Å²) >= 11 is 0. The van der Waals surface area contributed by atoms with Gasteiger partial charge in [-0.2, -0.15) is 0 Å². The third kappa shape index (κ3) is 4.00. The summed E-state index contributed by atoms with van der Waals surface area (Å²) in [6.45, 7) is 1.15. The van der Waals surface area contributed by atoms with Gasteiger partial charge in [0.1, 0.15) is 6.04 Å². The van der Waals surface area contributed by atoms with Crippen LogP contribution < -0.4 is 0 Å². The molecule has 3 aliphatic rings. The van der Waals surface area contributed by atoms with E-state index < -0.39 is 22.0 Å². The monoisotopic (exact) mass is 372 g/mol. The first-order valence-corrected chi connectivity index (χ1v) is 11.0. The van der Waals surface area contributed by atoms with Crippen LogP contribution in [0.1, 0.15) is 57.8 Å². The summed E-state index contributed by atoms with van der Waals surface area (Å²) in [6, 6.07) is -0.715. The molecule has 0 aromatic heterocycles. The largest absolute Gasteiger partial charge is 0.480 e. The van der Waals surface area contributed by atoms with E-state index in [0.717, 1.165) is 38.5 Å². The number of carbonyl (C=O) groups excluding carboxylic acids is 1. The number of nitrogens with zero attached hydrogens (tertiary/aromatic N) is 2. The van der Waals surface area contributed by atoms with E-state index in [1.165, 1.54) is 4.31 Å². The normalized spacial score (nSPS) is 30.4. The van der Waals surface area contributed by atoms with Crippen molar-refractivity contribution >= 4 is 21.9 Å². The van der Waals surface area contributed by atoms with E-state index in [1.54, 1.807) is 4.90 Å². The minimum Gasteiger partial charge on any atom is -0.480 e. The lowest BCUT2D eigenvalue weighted by Gasteiger charge is -2.33. The summed E-state index contributed by atoms with van der Waals surface area (Å²) in [5, 5.41) is 9.48. The standard InChI is InChI=1S/C17H28N2O5S/c20-16(8-5-11-25(23,24)18-9-3-4-10-18)19-14-7-2-1-6-13(14)12-15(19)17(21)22/h13-15H,1-12H2,(H,21,22). The van der Waals surface area contributed by atoms with Crippen molar-refractivity contribution in [3.8, 4) is 0 Å². The highest BCUT2D eigenvalue weighted by atomic mass is 32.2. The molecule has 3 atom stereocenters. The van der Waals surface area contributed by atoms with Gasteiger partial charge in [-0.3, -0.25) is 4.79 Å². The van der Waals surface area contributed by atoms with Crippen molar-refractivity contribution in [1.29, 1.82) is 0 Å². The molecule has 7 nitrogen and oxygen atoms in total. The van der Waals surface area contributed by atoms with Crippen molar-refractivity contribution in [2.24, 2.45) is 5.92 Å². The van der Waals surface area contributed by atoms with Gasteiger partial charge in [0.2, 0.25) is 15.9 Å². The van der Waals surface area contributed by atoms with Gasteiger partial charge >= 0.3 is 5.97 Å². The zero-order valence-electron chi connectivity index (χ0n) is 14.6. The smallest absolute Gasteiger partial charge is 0.326 e. The fourth-order valence-electron chi connectivity index (χ4n) is 4.67. The molecule has 0 aromatic rings. The van der Waals surface area contributed by atoms with E-state index >= 15 is 0 Å². The molecule has 1 saturated carbocycles. The number of fused-ring (bicyclic) bond motifs is 1. The Morgan fingerprint density at radius 3 is 2.40 bits per heavy atom. The van der Waals surface area contributed by atoms with Crippen LogP contribution in [-0.2, 0) is 19.6 Å². The Bertz CT molecular complexity index is 615. The predicted octanol–water partition coefficient (Wildman–Crippen LogP) is 1.44. The summed E-state index contributed by atoms with van der Waals surface area (Å²) in [5.41, 5.74) is 0. The highest BCUT2D eigenvalue weighted by Gasteiger charge is 2.47. The van der Waals surface area contributed by atoms with E-state index in [-0.39, 0.29) is 36.5 Å². The molecule has 142 valence electrons. The zero-order valence-corrected chi connectivity index (χ0v) is 15.4. The number of carboxylic acid groups (broad SMARTS) is 1. The van der Waals surface area contributed by atoms with E-state index in [2.05, 4.69) is 0 Å². The zero-order chi connectivity index (χ0) is 18.0. The maximum atomic E-state index is 12.7. The van der Waals surface area contributed by atoms with Gasteiger partial charge in [0.05, 0.1) is 5.75 Å². The Morgan fingerprint density at radius 1 is 1.04 bits per heavy atom. The number of likely N-dealkylation sites (tertiary alicyclic amines) is 1. The molecule has 2 saturated heterocycles. The van der Waals surface area contributed by atoms with Crippen LogP contribution in [0, 0.1) is 5.92 Å². The first kappa shape index (κ1) is 18.6. The molecular formula is C17H28N2O5S. The number of carboxylic acids is 1. The molecule has 1 amide bonds. The highest BCUT2D eigenvalue weighted by molar-refractivity contribution is 7.89. The number of aliphatic carboxylic acids is 1. The average Bonchev–Trinajstić information content (AvgIpc) is 3.22. The van der Waals surface area contributed by atoms with Crippen LogP contribution in [0.25, 0.3) is 0 Å². The molecule has 3 unspecified atom stereocenters. The van der Waals surface area contributed by atoms with Gasteiger partial charge in [-0.1, -0.05) is 12.8 Å². The second-order valence-corrected chi connectivity index (χ2v) is 9.62. The van der Waals surface area contributed by atoms with Gasteiger partial charge in [-0.25, -0.2) is 17.5 Å². The van der Waals surface area contributed by atoms with Gasteiger partial charge in [0.15, 0.2) is 0 Å². The minimum absolute atomic E-state index is 0.0255. The van der Waals surface area contributed by atoms with E-state index in [9.17, 15) is 23.1 Å². The number of sulfonamides is 1. The Morgan fingerprint density at radius 2 is 1.72 bits per heavy atom. The molecular weight excluding hydrogens is 344 g/mol. The second kappa shape index (κ2) is 7.61. The maximum absolute atomic E-state index is 12.7. The van der Waals surface area contributed by atoms with Crippen molar-refractivity contribution < 1.29 is 23.1 Å². The summed E-state index contributed by atoms with van der Waals surface area (Å²) < 4.78 is 26.0. The molecule has 2 heterocycles. The fraction of sp³-hybridized carbons (Fsp3) is 0.882. The van der Waals surface area contributed by atoms with Crippen LogP contribution in [0.4, 0.5) is 0 Å². The molecule has 2 aliphatic heterocycles. The van der Waals surface area contributed by atoms with Crippen LogP contribution in [0.2, 0.25) is 0 Å². The first-order valence-electron chi connectivity index (χ1n) is 9.42. The number of rotatable bonds is 6. The van der Waals surface area contributed by atoms with Crippen molar-refractivity contribution in [1.82, 2.24) is 9.21 Å². The van der Waals surface area contributed by atoms with Crippen LogP contribution in [0.5, 0.6) is 0 Å². The molecule has 8 heteroatoms. The Labute approximate surface area is 149 Å². The average molecular weight is 372 g/mol. The molecule has 25 heavy (non-hydrogen) atoms. The molecule has 1 N–H and O–H groups in total. The summed E-state index contributed by atoms with van der Waals surface area (Å²) in [7, 11) is -3.29. The van der Waals surface area contributed by atoms with Gasteiger partial charge in [0, 0.05) is 25.6 Å². The number of hydrogen-bond acceptors (Lipinski definition) is 4. The van der Waals surface area contributed by atoms with Crippen LogP contribution in [0.15, 0.2) is 0 Å². The summed E-state index contributed by atoms with van der Waals surface area (Å²) in [5.74, 6) is -0.878.